The molecule has 0 saturated heterocycles. The average Bonchev–Trinajstić information content (AvgIpc) is 3.19. The first-order valence-electron chi connectivity index (χ1n) is 6.73. The van der Waals surface area contributed by atoms with Gasteiger partial charge in [0.25, 0.3) is 5.91 Å². The maximum absolute atomic E-state index is 12.0. The number of fused-ring (bicyclic) bond motifs is 1. The molecule has 2 heteroatoms. The number of amides is 1. The predicted molar refractivity (Wildman–Crippen MR) is 68.1 cm³/mol. The molecule has 90 valence electrons. The van der Waals surface area contributed by atoms with Crippen molar-refractivity contribution in [3.8, 4) is 0 Å². The van der Waals surface area contributed by atoms with E-state index in [1.54, 1.807) is 0 Å². The van der Waals surface area contributed by atoms with Crippen molar-refractivity contribution < 1.29 is 4.79 Å². The number of carbonyl (C=O) groups is 1. The van der Waals surface area contributed by atoms with Crippen LogP contribution in [-0.2, 0) is 12.8 Å². The van der Waals surface area contributed by atoms with Crippen LogP contribution >= 0.6 is 0 Å². The fraction of sp³-hybridized carbons (Fsp3) is 0.533. The normalized spacial score (nSPS) is 18.6. The van der Waals surface area contributed by atoms with E-state index in [-0.39, 0.29) is 5.91 Å². The highest BCUT2D eigenvalue weighted by Crippen LogP contribution is 2.27. The maximum Gasteiger partial charge on any atom is 0.251 e. The molecule has 1 fully saturated rings. The fourth-order valence-electron chi connectivity index (χ4n) is 2.54. The smallest absolute Gasteiger partial charge is 0.251 e. The van der Waals surface area contributed by atoms with Gasteiger partial charge in [-0.05, 0) is 67.7 Å². The van der Waals surface area contributed by atoms with Crippen molar-refractivity contribution in [1.82, 2.24) is 5.32 Å². The van der Waals surface area contributed by atoms with Crippen molar-refractivity contribution >= 4 is 5.91 Å². The minimum absolute atomic E-state index is 0.102. The van der Waals surface area contributed by atoms with Crippen molar-refractivity contribution in [3.05, 3.63) is 34.9 Å². The molecule has 0 bridgehead atoms. The number of hydrogen-bond acceptors (Lipinski definition) is 1. The van der Waals surface area contributed by atoms with E-state index in [2.05, 4.69) is 17.4 Å². The minimum atomic E-state index is 0.102. The summed E-state index contributed by atoms with van der Waals surface area (Å²) in [5, 5.41) is 3.03. The number of benzene rings is 1. The molecule has 1 aromatic rings. The van der Waals surface area contributed by atoms with Crippen LogP contribution < -0.4 is 5.32 Å². The Bertz CT molecular complexity index is 435. The number of carbonyl (C=O) groups excluding carboxylic acids is 1. The van der Waals surface area contributed by atoms with Crippen LogP contribution in [0.1, 0.15) is 47.2 Å². The first-order valence-corrected chi connectivity index (χ1v) is 6.73. The van der Waals surface area contributed by atoms with Gasteiger partial charge in [0.2, 0.25) is 0 Å². The highest BCUT2D eigenvalue weighted by atomic mass is 16.1. The van der Waals surface area contributed by atoms with Gasteiger partial charge >= 0.3 is 0 Å². The summed E-state index contributed by atoms with van der Waals surface area (Å²) in [6, 6.07) is 6.21. The van der Waals surface area contributed by atoms with Crippen molar-refractivity contribution in [2.75, 3.05) is 6.54 Å². The molecular weight excluding hydrogens is 210 g/mol. The average molecular weight is 229 g/mol. The molecule has 17 heavy (non-hydrogen) atoms. The monoisotopic (exact) mass is 229 g/mol. The topological polar surface area (TPSA) is 29.1 Å². The van der Waals surface area contributed by atoms with Gasteiger partial charge in [-0.1, -0.05) is 6.07 Å². The molecule has 0 aliphatic heterocycles. The lowest BCUT2D eigenvalue weighted by Crippen LogP contribution is -2.25. The SMILES string of the molecule is O=C(NCC1CC1)c1ccc2c(c1)CCCC2. The Morgan fingerprint density at radius 1 is 1.18 bits per heavy atom. The third kappa shape index (κ3) is 2.51. The molecule has 1 N–H and O–H groups in total. The van der Waals surface area contributed by atoms with Gasteiger partial charge in [0.15, 0.2) is 0 Å². The van der Waals surface area contributed by atoms with Gasteiger partial charge in [0, 0.05) is 12.1 Å². The van der Waals surface area contributed by atoms with Gasteiger partial charge in [0.05, 0.1) is 0 Å². The largest absolute Gasteiger partial charge is 0.352 e. The Hall–Kier alpha value is -1.31. The molecule has 2 aliphatic carbocycles. The minimum Gasteiger partial charge on any atom is -0.352 e. The third-order valence-corrected chi connectivity index (χ3v) is 3.86. The number of aryl methyl sites for hydroxylation is 2. The van der Waals surface area contributed by atoms with Crippen LogP contribution in [-0.4, -0.2) is 12.5 Å². The molecule has 3 rings (SSSR count). The van der Waals surface area contributed by atoms with E-state index in [0.717, 1.165) is 24.4 Å². The lowest BCUT2D eigenvalue weighted by Gasteiger charge is -2.16. The molecule has 1 saturated carbocycles. The van der Waals surface area contributed by atoms with Gasteiger partial charge in [-0.15, -0.1) is 0 Å². The number of hydrogen-bond donors (Lipinski definition) is 1. The lowest BCUT2D eigenvalue weighted by atomic mass is 9.90. The summed E-state index contributed by atoms with van der Waals surface area (Å²) in [6.45, 7) is 0.857. The molecule has 1 aromatic carbocycles. The summed E-state index contributed by atoms with van der Waals surface area (Å²) in [5.74, 6) is 0.849. The van der Waals surface area contributed by atoms with E-state index >= 15 is 0 Å². The quantitative estimate of drug-likeness (QED) is 0.848. The Balaban J connectivity index is 1.70. The second-order valence-electron chi connectivity index (χ2n) is 5.34. The Morgan fingerprint density at radius 3 is 2.71 bits per heavy atom. The molecule has 0 aromatic heterocycles. The van der Waals surface area contributed by atoms with Gasteiger partial charge in [-0.3, -0.25) is 4.79 Å². The van der Waals surface area contributed by atoms with E-state index in [1.165, 1.54) is 43.2 Å². The van der Waals surface area contributed by atoms with Crippen LogP contribution in [0.2, 0.25) is 0 Å². The molecule has 1 amide bonds. The van der Waals surface area contributed by atoms with Crippen molar-refractivity contribution in [2.45, 2.75) is 38.5 Å². The third-order valence-electron chi connectivity index (χ3n) is 3.86. The van der Waals surface area contributed by atoms with Crippen molar-refractivity contribution in [2.24, 2.45) is 5.92 Å². The zero-order valence-electron chi connectivity index (χ0n) is 10.2. The van der Waals surface area contributed by atoms with E-state index in [0.29, 0.717) is 0 Å². The van der Waals surface area contributed by atoms with Crippen LogP contribution in [0.5, 0.6) is 0 Å². The van der Waals surface area contributed by atoms with Crippen LogP contribution in [0.15, 0.2) is 18.2 Å². The molecule has 2 nitrogen and oxygen atoms in total. The molecule has 0 spiro atoms. The van der Waals surface area contributed by atoms with Crippen LogP contribution in [0, 0.1) is 5.92 Å². The van der Waals surface area contributed by atoms with Gasteiger partial charge in [0.1, 0.15) is 0 Å². The Labute approximate surface area is 102 Å². The van der Waals surface area contributed by atoms with Crippen LogP contribution in [0.25, 0.3) is 0 Å². The summed E-state index contributed by atoms with van der Waals surface area (Å²) < 4.78 is 0. The van der Waals surface area contributed by atoms with E-state index in [4.69, 9.17) is 0 Å². The molecular formula is C15H19NO. The highest BCUT2D eigenvalue weighted by molar-refractivity contribution is 5.94. The number of rotatable bonds is 3. The summed E-state index contributed by atoms with van der Waals surface area (Å²) in [4.78, 5) is 12.0. The van der Waals surface area contributed by atoms with Crippen LogP contribution in [0.3, 0.4) is 0 Å². The van der Waals surface area contributed by atoms with Crippen LogP contribution in [0.4, 0.5) is 0 Å². The van der Waals surface area contributed by atoms with Gasteiger partial charge < -0.3 is 5.32 Å². The zero-order valence-corrected chi connectivity index (χ0v) is 10.2. The second-order valence-corrected chi connectivity index (χ2v) is 5.34. The molecule has 0 atom stereocenters. The van der Waals surface area contributed by atoms with E-state index in [1.807, 2.05) is 6.07 Å². The Kier molecular flexibility index (Phi) is 2.87. The zero-order chi connectivity index (χ0) is 11.7. The first-order chi connectivity index (χ1) is 8.33. The molecule has 2 aliphatic rings. The Morgan fingerprint density at radius 2 is 1.94 bits per heavy atom. The van der Waals surface area contributed by atoms with Gasteiger partial charge in [-0.2, -0.15) is 0 Å². The van der Waals surface area contributed by atoms with Gasteiger partial charge in [-0.25, -0.2) is 0 Å². The fourth-order valence-corrected chi connectivity index (χ4v) is 2.54. The summed E-state index contributed by atoms with van der Waals surface area (Å²) in [5.41, 5.74) is 3.66. The van der Waals surface area contributed by atoms with E-state index in [9.17, 15) is 4.79 Å². The summed E-state index contributed by atoms with van der Waals surface area (Å²) in [7, 11) is 0. The molecule has 0 unspecified atom stereocenters. The standard InChI is InChI=1S/C15H19NO/c17-15(16-10-11-5-6-11)14-8-7-12-3-1-2-4-13(12)9-14/h7-9,11H,1-6,10H2,(H,16,17). The second kappa shape index (κ2) is 4.52. The number of nitrogens with one attached hydrogen (secondary N) is 1. The summed E-state index contributed by atoms with van der Waals surface area (Å²) >= 11 is 0. The van der Waals surface area contributed by atoms with Crippen molar-refractivity contribution in [3.63, 3.8) is 0 Å². The van der Waals surface area contributed by atoms with Crippen molar-refractivity contribution in [1.29, 1.82) is 0 Å². The van der Waals surface area contributed by atoms with E-state index < -0.39 is 0 Å². The molecule has 0 radical (unpaired) electrons. The predicted octanol–water partition coefficient (Wildman–Crippen LogP) is 2.71. The summed E-state index contributed by atoms with van der Waals surface area (Å²) in [6.07, 6.45) is 7.44. The molecule has 0 heterocycles. The maximum atomic E-state index is 12.0. The first kappa shape index (κ1) is 10.8. The lowest BCUT2D eigenvalue weighted by molar-refractivity contribution is 0.0951. The highest BCUT2D eigenvalue weighted by Gasteiger charge is 2.22.